The molecule has 0 saturated carbocycles. The second-order valence-electron chi connectivity index (χ2n) is 7.27. The summed E-state index contributed by atoms with van der Waals surface area (Å²) < 4.78 is 32.7. The van der Waals surface area contributed by atoms with E-state index in [9.17, 15) is 13.2 Å². The molecule has 1 amide bonds. The van der Waals surface area contributed by atoms with Crippen LogP contribution in [-0.4, -0.2) is 76.4 Å². The molecule has 0 aromatic heterocycles. The standard InChI is InChI=1S/C19H29N5O4S.ClH/c1-15(25)23-16-3-5-17(6-4-16)29(26,27)24-12-7-19(8-13-24)18(20-9-10-22-19)21-11-14-28-2;/h3-6,22H,7-14H2,1-2H3,(H,20,21)(H,23,25);1H. The molecule has 3 rings (SSSR count). The first kappa shape index (κ1) is 24.5. The number of methoxy groups -OCH3 is 1. The quantitative estimate of drug-likeness (QED) is 0.543. The Morgan fingerprint density at radius 1 is 1.27 bits per heavy atom. The van der Waals surface area contributed by atoms with E-state index in [1.165, 1.54) is 23.4 Å². The Balaban J connectivity index is 0.00000320. The van der Waals surface area contributed by atoms with E-state index in [1.807, 2.05) is 0 Å². The molecule has 30 heavy (non-hydrogen) atoms. The maximum atomic E-state index is 13.0. The number of nitrogens with zero attached hydrogens (tertiary/aromatic N) is 2. The van der Waals surface area contributed by atoms with Crippen molar-refractivity contribution in [2.24, 2.45) is 4.99 Å². The summed E-state index contributed by atoms with van der Waals surface area (Å²) in [6.07, 6.45) is 1.30. The number of anilines is 1. The van der Waals surface area contributed by atoms with Crippen LogP contribution < -0.4 is 16.0 Å². The Morgan fingerprint density at radius 2 is 1.93 bits per heavy atom. The lowest BCUT2D eigenvalue weighted by Crippen LogP contribution is -2.64. The SMILES string of the molecule is COCCNC1=NCCNC12CCN(S(=O)(=O)c1ccc(NC(C)=O)cc1)CC2.Cl. The van der Waals surface area contributed by atoms with Crippen molar-refractivity contribution < 1.29 is 17.9 Å². The number of benzene rings is 1. The van der Waals surface area contributed by atoms with Crippen LogP contribution in [0, 0.1) is 0 Å². The number of piperidine rings is 1. The highest BCUT2D eigenvalue weighted by molar-refractivity contribution is 7.89. The van der Waals surface area contributed by atoms with Crippen LogP contribution in [0.25, 0.3) is 0 Å². The zero-order valence-electron chi connectivity index (χ0n) is 17.3. The Morgan fingerprint density at radius 3 is 2.53 bits per heavy atom. The van der Waals surface area contributed by atoms with E-state index in [4.69, 9.17) is 4.74 Å². The van der Waals surface area contributed by atoms with E-state index < -0.39 is 10.0 Å². The van der Waals surface area contributed by atoms with E-state index in [1.54, 1.807) is 19.2 Å². The molecule has 2 aliphatic rings. The second kappa shape index (κ2) is 10.5. The number of aliphatic imine (C=N–C) groups is 1. The van der Waals surface area contributed by atoms with Crippen LogP contribution in [0.15, 0.2) is 34.2 Å². The van der Waals surface area contributed by atoms with Crippen LogP contribution >= 0.6 is 12.4 Å². The molecule has 3 N–H and O–H groups in total. The number of amidine groups is 1. The van der Waals surface area contributed by atoms with E-state index in [-0.39, 0.29) is 28.7 Å². The third kappa shape index (κ3) is 5.50. The molecule has 0 aliphatic carbocycles. The Kier molecular flexibility index (Phi) is 8.62. The lowest BCUT2D eigenvalue weighted by Gasteiger charge is -2.44. The fourth-order valence-electron chi connectivity index (χ4n) is 3.78. The fourth-order valence-corrected chi connectivity index (χ4v) is 5.22. The minimum Gasteiger partial charge on any atom is -0.383 e. The molecule has 1 fully saturated rings. The Bertz CT molecular complexity index is 852. The van der Waals surface area contributed by atoms with Crippen LogP contribution in [0.3, 0.4) is 0 Å². The van der Waals surface area contributed by atoms with Crippen LogP contribution in [0.1, 0.15) is 19.8 Å². The number of sulfonamides is 1. The molecule has 1 saturated heterocycles. The van der Waals surface area contributed by atoms with Crippen LogP contribution in [-0.2, 0) is 19.6 Å². The normalized spacial score (nSPS) is 18.9. The third-order valence-corrected chi connectivity index (χ3v) is 7.20. The summed E-state index contributed by atoms with van der Waals surface area (Å²) >= 11 is 0. The van der Waals surface area contributed by atoms with Crippen molar-refractivity contribution >= 4 is 39.9 Å². The highest BCUT2D eigenvalue weighted by atomic mass is 35.5. The molecule has 168 valence electrons. The van der Waals surface area contributed by atoms with Gasteiger partial charge in [-0.1, -0.05) is 0 Å². The molecular formula is C19H30ClN5O4S. The zero-order chi connectivity index (χ0) is 20.9. The number of carbonyl (C=O) groups is 1. The van der Waals surface area contributed by atoms with Gasteiger partial charge in [0.15, 0.2) is 0 Å². The summed E-state index contributed by atoms with van der Waals surface area (Å²) in [5, 5.41) is 9.55. The van der Waals surface area contributed by atoms with E-state index in [0.29, 0.717) is 51.3 Å². The van der Waals surface area contributed by atoms with Crippen molar-refractivity contribution in [2.45, 2.75) is 30.2 Å². The van der Waals surface area contributed by atoms with Crippen LogP contribution in [0.5, 0.6) is 0 Å². The van der Waals surface area contributed by atoms with Gasteiger partial charge in [0.05, 0.1) is 23.6 Å². The number of amides is 1. The highest BCUT2D eigenvalue weighted by Gasteiger charge is 2.43. The van der Waals surface area contributed by atoms with Gasteiger partial charge in [-0.2, -0.15) is 4.31 Å². The van der Waals surface area contributed by atoms with Gasteiger partial charge in [0.2, 0.25) is 15.9 Å². The van der Waals surface area contributed by atoms with E-state index in [0.717, 1.165) is 12.4 Å². The largest absolute Gasteiger partial charge is 0.383 e. The molecule has 1 aromatic carbocycles. The summed E-state index contributed by atoms with van der Waals surface area (Å²) in [6.45, 7) is 4.98. The average Bonchev–Trinajstić information content (AvgIpc) is 2.70. The predicted molar refractivity (Wildman–Crippen MR) is 119 cm³/mol. The molecule has 0 atom stereocenters. The summed E-state index contributed by atoms with van der Waals surface area (Å²) in [7, 11) is -1.93. The van der Waals surface area contributed by atoms with Gasteiger partial charge < -0.3 is 20.7 Å². The molecule has 2 aliphatic heterocycles. The minimum atomic E-state index is -3.59. The van der Waals surface area contributed by atoms with E-state index in [2.05, 4.69) is 20.9 Å². The molecule has 9 nitrogen and oxygen atoms in total. The first-order valence-electron chi connectivity index (χ1n) is 9.78. The summed E-state index contributed by atoms with van der Waals surface area (Å²) in [5.41, 5.74) is 0.260. The predicted octanol–water partition coefficient (Wildman–Crippen LogP) is 0.828. The van der Waals surface area contributed by atoms with Crippen LogP contribution in [0.2, 0.25) is 0 Å². The molecule has 0 radical (unpaired) electrons. The lowest BCUT2D eigenvalue weighted by atomic mass is 9.85. The topological polar surface area (TPSA) is 112 Å². The molecule has 1 spiro atoms. The van der Waals surface area contributed by atoms with E-state index >= 15 is 0 Å². The summed E-state index contributed by atoms with van der Waals surface area (Å²) in [4.78, 5) is 16.0. The van der Waals surface area contributed by atoms with Crippen molar-refractivity contribution in [1.82, 2.24) is 14.9 Å². The molecule has 1 aromatic rings. The van der Waals surface area contributed by atoms with Gasteiger partial charge in [-0.25, -0.2) is 8.42 Å². The fraction of sp³-hybridized carbons (Fsp3) is 0.579. The van der Waals surface area contributed by atoms with Gasteiger partial charge in [0, 0.05) is 45.9 Å². The third-order valence-electron chi connectivity index (χ3n) is 5.29. The number of nitrogens with one attached hydrogen (secondary N) is 3. The number of hydrogen-bond acceptors (Lipinski definition) is 7. The van der Waals surface area contributed by atoms with Crippen molar-refractivity contribution in [2.75, 3.05) is 51.8 Å². The van der Waals surface area contributed by atoms with Crippen LogP contribution in [0.4, 0.5) is 5.69 Å². The lowest BCUT2D eigenvalue weighted by molar-refractivity contribution is -0.114. The smallest absolute Gasteiger partial charge is 0.243 e. The van der Waals surface area contributed by atoms with Crippen molar-refractivity contribution in [1.29, 1.82) is 0 Å². The number of halogens is 1. The first-order chi connectivity index (χ1) is 13.9. The van der Waals surface area contributed by atoms with Crippen molar-refractivity contribution in [3.05, 3.63) is 24.3 Å². The molecule has 0 unspecified atom stereocenters. The van der Waals surface area contributed by atoms with Gasteiger partial charge in [0.1, 0.15) is 5.84 Å². The van der Waals surface area contributed by atoms with Gasteiger partial charge in [-0.3, -0.25) is 9.79 Å². The van der Waals surface area contributed by atoms with Crippen molar-refractivity contribution in [3.63, 3.8) is 0 Å². The molecule has 11 heteroatoms. The number of carbonyl (C=O) groups excluding carboxylic acids is 1. The van der Waals surface area contributed by atoms with Gasteiger partial charge >= 0.3 is 0 Å². The average molecular weight is 460 g/mol. The maximum Gasteiger partial charge on any atom is 0.243 e. The summed E-state index contributed by atoms with van der Waals surface area (Å²) in [6, 6.07) is 6.27. The maximum absolute atomic E-state index is 13.0. The Hall–Kier alpha value is -1.72. The minimum absolute atomic E-state index is 0. The molecular weight excluding hydrogens is 430 g/mol. The van der Waals surface area contributed by atoms with Gasteiger partial charge in [0.25, 0.3) is 0 Å². The summed E-state index contributed by atoms with van der Waals surface area (Å²) in [5.74, 6) is 0.705. The number of rotatable bonds is 6. The van der Waals surface area contributed by atoms with Crippen molar-refractivity contribution in [3.8, 4) is 0 Å². The number of hydrogen-bond donors (Lipinski definition) is 3. The molecule has 2 heterocycles. The first-order valence-corrected chi connectivity index (χ1v) is 11.2. The zero-order valence-corrected chi connectivity index (χ0v) is 18.9. The van der Waals surface area contributed by atoms with Gasteiger partial charge in [-0.15, -0.1) is 12.4 Å². The second-order valence-corrected chi connectivity index (χ2v) is 9.21. The monoisotopic (exact) mass is 459 g/mol. The highest BCUT2D eigenvalue weighted by Crippen LogP contribution is 2.29. The Labute approximate surface area is 184 Å². The molecule has 0 bridgehead atoms. The number of ether oxygens (including phenoxy) is 1. The van der Waals surface area contributed by atoms with Gasteiger partial charge in [-0.05, 0) is 37.1 Å².